The topological polar surface area (TPSA) is 25.2 Å². The molecule has 0 aliphatic heterocycles. The second-order valence-electron chi connectivity index (χ2n) is 2.48. The molecule has 2 heterocycles. The van der Waals surface area contributed by atoms with Gasteiger partial charge in [0.25, 0.3) is 0 Å². The molecule has 0 radical (unpaired) electrons. The van der Waals surface area contributed by atoms with Crippen molar-refractivity contribution in [2.45, 2.75) is 0 Å². The molecule has 0 N–H and O–H groups in total. The SMILES string of the molecule is C(=Nc1cccnc1)c1cccs1. The lowest BCUT2D eigenvalue weighted by molar-refractivity contribution is 1.31. The van der Waals surface area contributed by atoms with Gasteiger partial charge in [-0.2, -0.15) is 0 Å². The van der Waals surface area contributed by atoms with E-state index in [0.717, 1.165) is 10.6 Å². The fraction of sp³-hybridized carbons (Fsp3) is 0. The Kier molecular flexibility index (Phi) is 2.48. The first kappa shape index (κ1) is 8.13. The van der Waals surface area contributed by atoms with E-state index in [1.807, 2.05) is 35.9 Å². The van der Waals surface area contributed by atoms with E-state index >= 15 is 0 Å². The summed E-state index contributed by atoms with van der Waals surface area (Å²) < 4.78 is 0. The molecule has 3 heteroatoms. The predicted molar refractivity (Wildman–Crippen MR) is 55.8 cm³/mol. The molecule has 0 spiro atoms. The Morgan fingerprint density at radius 1 is 1.31 bits per heavy atom. The summed E-state index contributed by atoms with van der Waals surface area (Å²) in [5.74, 6) is 0. The van der Waals surface area contributed by atoms with E-state index in [2.05, 4.69) is 9.98 Å². The first-order valence-corrected chi connectivity index (χ1v) is 4.81. The fourth-order valence-electron chi connectivity index (χ4n) is 0.933. The van der Waals surface area contributed by atoms with Crippen LogP contribution in [0.15, 0.2) is 47.0 Å². The Hall–Kier alpha value is -1.48. The van der Waals surface area contributed by atoms with Crippen LogP contribution in [0.3, 0.4) is 0 Å². The third-order valence-corrected chi connectivity index (χ3v) is 2.34. The van der Waals surface area contributed by atoms with Crippen molar-refractivity contribution in [3.05, 3.63) is 46.9 Å². The van der Waals surface area contributed by atoms with Gasteiger partial charge in [0.2, 0.25) is 0 Å². The maximum absolute atomic E-state index is 4.27. The molecular weight excluding hydrogens is 180 g/mol. The van der Waals surface area contributed by atoms with Crippen molar-refractivity contribution in [1.29, 1.82) is 0 Å². The Morgan fingerprint density at radius 2 is 2.31 bits per heavy atom. The zero-order valence-corrected chi connectivity index (χ0v) is 7.74. The second-order valence-corrected chi connectivity index (χ2v) is 3.46. The van der Waals surface area contributed by atoms with E-state index in [0.29, 0.717) is 0 Å². The molecule has 2 nitrogen and oxygen atoms in total. The van der Waals surface area contributed by atoms with Crippen LogP contribution in [0.5, 0.6) is 0 Å². The summed E-state index contributed by atoms with van der Waals surface area (Å²) in [5, 5.41) is 2.03. The van der Waals surface area contributed by atoms with Crippen LogP contribution in [0.1, 0.15) is 4.88 Å². The maximum Gasteiger partial charge on any atom is 0.0813 e. The van der Waals surface area contributed by atoms with E-state index in [-0.39, 0.29) is 0 Å². The normalized spacial score (nSPS) is 10.8. The smallest absolute Gasteiger partial charge is 0.0813 e. The molecule has 0 unspecified atom stereocenters. The Bertz CT molecular complexity index is 379. The van der Waals surface area contributed by atoms with Gasteiger partial charge in [-0.05, 0) is 23.6 Å². The Morgan fingerprint density at radius 3 is 3.00 bits per heavy atom. The standard InChI is InChI=1S/C10H8N2S/c1-3-9(7-11-5-1)12-8-10-4-2-6-13-10/h1-8H. The summed E-state index contributed by atoms with van der Waals surface area (Å²) in [5.41, 5.74) is 0.885. The minimum absolute atomic E-state index is 0.885. The lowest BCUT2D eigenvalue weighted by Crippen LogP contribution is -1.72. The van der Waals surface area contributed by atoms with E-state index in [1.165, 1.54) is 0 Å². The van der Waals surface area contributed by atoms with Crippen LogP contribution in [0, 0.1) is 0 Å². The number of aliphatic imine (C=N–C) groups is 1. The molecule has 0 saturated carbocycles. The van der Waals surface area contributed by atoms with Gasteiger partial charge in [-0.3, -0.25) is 9.98 Å². The average molecular weight is 188 g/mol. The van der Waals surface area contributed by atoms with E-state index in [1.54, 1.807) is 23.7 Å². The Balaban J connectivity index is 2.15. The molecule has 0 atom stereocenters. The third kappa shape index (κ3) is 2.23. The first-order chi connectivity index (χ1) is 6.45. The lowest BCUT2D eigenvalue weighted by Gasteiger charge is -1.88. The van der Waals surface area contributed by atoms with Gasteiger partial charge in [0.05, 0.1) is 11.9 Å². The average Bonchev–Trinajstić information content (AvgIpc) is 2.69. The van der Waals surface area contributed by atoms with Crippen molar-refractivity contribution in [2.24, 2.45) is 4.99 Å². The molecule has 2 rings (SSSR count). The number of pyridine rings is 1. The van der Waals surface area contributed by atoms with Gasteiger partial charge < -0.3 is 0 Å². The summed E-state index contributed by atoms with van der Waals surface area (Å²) in [4.78, 5) is 9.40. The molecule has 13 heavy (non-hydrogen) atoms. The molecule has 2 aromatic rings. The van der Waals surface area contributed by atoms with Crippen LogP contribution < -0.4 is 0 Å². The van der Waals surface area contributed by atoms with Crippen LogP contribution in [0.2, 0.25) is 0 Å². The molecule has 0 saturated heterocycles. The highest BCUT2D eigenvalue weighted by molar-refractivity contribution is 7.11. The van der Waals surface area contributed by atoms with Crippen molar-refractivity contribution in [2.75, 3.05) is 0 Å². The zero-order chi connectivity index (χ0) is 8.93. The summed E-state index contributed by atoms with van der Waals surface area (Å²) in [6.07, 6.45) is 5.33. The van der Waals surface area contributed by atoms with Gasteiger partial charge >= 0.3 is 0 Å². The molecule has 0 aliphatic carbocycles. The molecular formula is C10H8N2S. The first-order valence-electron chi connectivity index (χ1n) is 3.93. The fourth-order valence-corrected chi connectivity index (χ4v) is 1.52. The van der Waals surface area contributed by atoms with Gasteiger partial charge in [0.15, 0.2) is 0 Å². The quantitative estimate of drug-likeness (QED) is 0.665. The van der Waals surface area contributed by atoms with E-state index in [4.69, 9.17) is 0 Å². The van der Waals surface area contributed by atoms with Crippen molar-refractivity contribution in [1.82, 2.24) is 4.98 Å². The number of hydrogen-bond donors (Lipinski definition) is 0. The Labute approximate surface area is 80.6 Å². The molecule has 0 fully saturated rings. The zero-order valence-electron chi connectivity index (χ0n) is 6.92. The maximum atomic E-state index is 4.27. The van der Waals surface area contributed by atoms with Crippen molar-refractivity contribution in [3.8, 4) is 0 Å². The highest BCUT2D eigenvalue weighted by atomic mass is 32.1. The minimum atomic E-state index is 0.885. The third-order valence-electron chi connectivity index (χ3n) is 1.53. The number of rotatable bonds is 2. The van der Waals surface area contributed by atoms with Crippen molar-refractivity contribution < 1.29 is 0 Å². The highest BCUT2D eigenvalue weighted by Gasteiger charge is 1.87. The minimum Gasteiger partial charge on any atom is -0.262 e. The van der Waals surface area contributed by atoms with Crippen LogP contribution in [-0.2, 0) is 0 Å². The van der Waals surface area contributed by atoms with Crippen LogP contribution >= 0.6 is 11.3 Å². The van der Waals surface area contributed by atoms with E-state index < -0.39 is 0 Å². The number of aromatic nitrogens is 1. The predicted octanol–water partition coefficient (Wildman–Crippen LogP) is 2.89. The van der Waals surface area contributed by atoms with Crippen molar-refractivity contribution in [3.63, 3.8) is 0 Å². The highest BCUT2D eigenvalue weighted by Crippen LogP contribution is 2.10. The lowest BCUT2D eigenvalue weighted by atomic mass is 10.4. The van der Waals surface area contributed by atoms with Gasteiger partial charge in [0.1, 0.15) is 0 Å². The van der Waals surface area contributed by atoms with Crippen molar-refractivity contribution >= 4 is 23.2 Å². The molecule has 0 bridgehead atoms. The summed E-state index contributed by atoms with van der Waals surface area (Å²) in [6.45, 7) is 0. The van der Waals surface area contributed by atoms with E-state index in [9.17, 15) is 0 Å². The van der Waals surface area contributed by atoms with Gasteiger partial charge in [-0.1, -0.05) is 6.07 Å². The molecule has 64 valence electrons. The monoisotopic (exact) mass is 188 g/mol. The second kappa shape index (κ2) is 3.96. The molecule has 0 amide bonds. The molecule has 2 aromatic heterocycles. The van der Waals surface area contributed by atoms with Crippen LogP contribution in [-0.4, -0.2) is 11.2 Å². The number of hydrogen-bond acceptors (Lipinski definition) is 3. The molecule has 0 aliphatic rings. The summed E-state index contributed by atoms with van der Waals surface area (Å²) in [6, 6.07) is 7.85. The van der Waals surface area contributed by atoms with Crippen LogP contribution in [0.4, 0.5) is 5.69 Å². The summed E-state index contributed by atoms with van der Waals surface area (Å²) in [7, 11) is 0. The van der Waals surface area contributed by atoms with Gasteiger partial charge in [-0.15, -0.1) is 11.3 Å². The number of thiophene rings is 1. The summed E-state index contributed by atoms with van der Waals surface area (Å²) >= 11 is 1.67. The molecule has 0 aromatic carbocycles. The van der Waals surface area contributed by atoms with Gasteiger partial charge in [-0.25, -0.2) is 0 Å². The van der Waals surface area contributed by atoms with Crippen LogP contribution in [0.25, 0.3) is 0 Å². The number of nitrogens with zero attached hydrogens (tertiary/aromatic N) is 2. The largest absolute Gasteiger partial charge is 0.262 e. The van der Waals surface area contributed by atoms with Gasteiger partial charge in [0, 0.05) is 17.3 Å².